The molecule has 0 saturated heterocycles. The molecule has 0 aliphatic heterocycles. The first kappa shape index (κ1) is 20.2. The summed E-state index contributed by atoms with van der Waals surface area (Å²) in [5.41, 5.74) is -0.137. The Morgan fingerprint density at radius 1 is 1.25 bits per heavy atom. The van der Waals surface area contributed by atoms with Gasteiger partial charge in [-0.1, -0.05) is 0 Å². The van der Waals surface area contributed by atoms with E-state index < -0.39 is 26.0 Å². The SMILES string of the molecule is CCS(=O)(=O)Nc1cc(OC)ccc1S(=O)(=O)NCCCC(=O)O. The molecule has 0 heterocycles. The lowest BCUT2D eigenvalue weighted by Gasteiger charge is -2.14. The van der Waals surface area contributed by atoms with E-state index in [0.717, 1.165) is 0 Å². The van der Waals surface area contributed by atoms with E-state index in [-0.39, 0.29) is 41.5 Å². The van der Waals surface area contributed by atoms with Crippen molar-refractivity contribution in [3.8, 4) is 5.75 Å². The van der Waals surface area contributed by atoms with E-state index in [1.54, 1.807) is 0 Å². The van der Waals surface area contributed by atoms with Gasteiger partial charge in [-0.05, 0) is 25.5 Å². The molecule has 0 aliphatic carbocycles. The number of benzene rings is 1. The van der Waals surface area contributed by atoms with Gasteiger partial charge < -0.3 is 9.84 Å². The summed E-state index contributed by atoms with van der Waals surface area (Å²) < 4.78 is 57.6. The van der Waals surface area contributed by atoms with Crippen LogP contribution in [0.25, 0.3) is 0 Å². The van der Waals surface area contributed by atoms with Crippen LogP contribution < -0.4 is 14.2 Å². The first-order chi connectivity index (χ1) is 11.1. The molecule has 3 N–H and O–H groups in total. The number of sulfonamides is 2. The fraction of sp³-hybridized carbons (Fsp3) is 0.462. The minimum atomic E-state index is -4.02. The number of hydrogen-bond donors (Lipinski definition) is 3. The van der Waals surface area contributed by atoms with Crippen molar-refractivity contribution in [1.82, 2.24) is 4.72 Å². The predicted molar refractivity (Wildman–Crippen MR) is 88.1 cm³/mol. The molecule has 1 rings (SSSR count). The van der Waals surface area contributed by atoms with Crippen LogP contribution in [0, 0.1) is 0 Å². The highest BCUT2D eigenvalue weighted by molar-refractivity contribution is 7.93. The number of ether oxygens (including phenoxy) is 1. The number of anilines is 1. The average Bonchev–Trinajstić information content (AvgIpc) is 2.50. The van der Waals surface area contributed by atoms with Crippen molar-refractivity contribution in [3.05, 3.63) is 18.2 Å². The average molecular weight is 380 g/mol. The van der Waals surface area contributed by atoms with Crippen molar-refractivity contribution in [3.63, 3.8) is 0 Å². The van der Waals surface area contributed by atoms with Gasteiger partial charge in [0.05, 0.1) is 18.6 Å². The first-order valence-corrected chi connectivity index (χ1v) is 10.1. The number of carboxylic acids is 1. The lowest BCUT2D eigenvalue weighted by molar-refractivity contribution is -0.137. The third kappa shape index (κ3) is 5.98. The van der Waals surface area contributed by atoms with Gasteiger partial charge in [0, 0.05) is 19.0 Å². The summed E-state index contributed by atoms with van der Waals surface area (Å²) in [6, 6.07) is 3.86. The second-order valence-electron chi connectivity index (χ2n) is 4.76. The van der Waals surface area contributed by atoms with Gasteiger partial charge in [-0.25, -0.2) is 21.6 Å². The molecule has 24 heavy (non-hydrogen) atoms. The molecule has 0 bridgehead atoms. The summed E-state index contributed by atoms with van der Waals surface area (Å²) in [6.07, 6.45) is -0.0683. The minimum Gasteiger partial charge on any atom is -0.497 e. The summed E-state index contributed by atoms with van der Waals surface area (Å²) in [5, 5.41) is 8.55. The molecule has 9 nitrogen and oxygen atoms in total. The molecule has 0 radical (unpaired) electrons. The maximum Gasteiger partial charge on any atom is 0.303 e. The van der Waals surface area contributed by atoms with Crippen LogP contribution in [0.5, 0.6) is 5.75 Å². The summed E-state index contributed by atoms with van der Waals surface area (Å²) in [6.45, 7) is 1.33. The summed E-state index contributed by atoms with van der Waals surface area (Å²) in [5.74, 6) is -0.973. The van der Waals surface area contributed by atoms with Gasteiger partial charge in [-0.15, -0.1) is 0 Å². The van der Waals surface area contributed by atoms with Gasteiger partial charge in [-0.3, -0.25) is 9.52 Å². The smallest absolute Gasteiger partial charge is 0.303 e. The van der Waals surface area contributed by atoms with Crippen molar-refractivity contribution in [2.75, 3.05) is 24.1 Å². The van der Waals surface area contributed by atoms with Crippen molar-refractivity contribution < 1.29 is 31.5 Å². The lowest BCUT2D eigenvalue weighted by atomic mass is 10.3. The Hall–Kier alpha value is -1.85. The highest BCUT2D eigenvalue weighted by Gasteiger charge is 2.21. The van der Waals surface area contributed by atoms with Gasteiger partial charge in [0.25, 0.3) is 0 Å². The molecule has 0 fully saturated rings. The van der Waals surface area contributed by atoms with Crippen molar-refractivity contribution in [2.24, 2.45) is 0 Å². The molecule has 0 amide bonds. The summed E-state index contributed by atoms with van der Waals surface area (Å²) >= 11 is 0. The molecule has 0 aliphatic rings. The highest BCUT2D eigenvalue weighted by atomic mass is 32.2. The van der Waals surface area contributed by atoms with Crippen LogP contribution in [0.2, 0.25) is 0 Å². The van der Waals surface area contributed by atoms with Crippen LogP contribution in [-0.4, -0.2) is 47.3 Å². The number of hydrogen-bond acceptors (Lipinski definition) is 6. The molecular weight excluding hydrogens is 360 g/mol. The van der Waals surface area contributed by atoms with Crippen LogP contribution in [-0.2, 0) is 24.8 Å². The molecular formula is C13H20N2O7S2. The van der Waals surface area contributed by atoms with Gasteiger partial charge in [-0.2, -0.15) is 0 Å². The van der Waals surface area contributed by atoms with Crippen LogP contribution >= 0.6 is 0 Å². The van der Waals surface area contributed by atoms with Gasteiger partial charge in [0.15, 0.2) is 0 Å². The number of rotatable bonds is 10. The predicted octanol–water partition coefficient (Wildman–Crippen LogP) is 0.600. The molecule has 0 unspecified atom stereocenters. The fourth-order valence-electron chi connectivity index (χ4n) is 1.71. The van der Waals surface area contributed by atoms with E-state index in [4.69, 9.17) is 9.84 Å². The molecule has 136 valence electrons. The highest BCUT2D eigenvalue weighted by Crippen LogP contribution is 2.27. The molecule has 0 saturated carbocycles. The van der Waals surface area contributed by atoms with E-state index >= 15 is 0 Å². The summed E-state index contributed by atoms with van der Waals surface area (Å²) in [7, 11) is -6.35. The largest absolute Gasteiger partial charge is 0.497 e. The van der Waals surface area contributed by atoms with Crippen LogP contribution in [0.1, 0.15) is 19.8 Å². The Morgan fingerprint density at radius 3 is 2.46 bits per heavy atom. The Balaban J connectivity index is 3.09. The Kier molecular flexibility index (Phi) is 6.99. The van der Waals surface area contributed by atoms with Crippen molar-refractivity contribution >= 4 is 31.7 Å². The molecule has 0 aromatic heterocycles. The molecule has 1 aromatic rings. The van der Waals surface area contributed by atoms with Crippen LogP contribution in [0.4, 0.5) is 5.69 Å². The topological polar surface area (TPSA) is 139 Å². The fourth-order valence-corrected chi connectivity index (χ4v) is 3.64. The molecule has 1 aromatic carbocycles. The normalized spacial score (nSPS) is 11.9. The maximum absolute atomic E-state index is 12.3. The quantitative estimate of drug-likeness (QED) is 0.505. The Labute approximate surface area is 141 Å². The van der Waals surface area contributed by atoms with Crippen molar-refractivity contribution in [1.29, 1.82) is 0 Å². The number of methoxy groups -OCH3 is 1. The molecule has 0 atom stereocenters. The number of nitrogens with one attached hydrogen (secondary N) is 2. The van der Waals surface area contributed by atoms with E-state index in [0.29, 0.717) is 0 Å². The van der Waals surface area contributed by atoms with E-state index in [1.165, 1.54) is 32.2 Å². The van der Waals surface area contributed by atoms with Gasteiger partial charge in [0.2, 0.25) is 20.0 Å². The van der Waals surface area contributed by atoms with E-state index in [9.17, 15) is 21.6 Å². The lowest BCUT2D eigenvalue weighted by Crippen LogP contribution is -2.27. The van der Waals surface area contributed by atoms with Gasteiger partial charge >= 0.3 is 5.97 Å². The minimum absolute atomic E-state index is 0.0827. The first-order valence-electron chi connectivity index (χ1n) is 7.01. The monoisotopic (exact) mass is 380 g/mol. The Bertz CT molecular complexity index is 789. The van der Waals surface area contributed by atoms with E-state index in [2.05, 4.69) is 9.44 Å². The second-order valence-corrected chi connectivity index (χ2v) is 8.51. The second kappa shape index (κ2) is 8.31. The molecule has 11 heteroatoms. The zero-order valence-corrected chi connectivity index (χ0v) is 14.9. The number of aliphatic carboxylic acids is 1. The number of carboxylic acid groups (broad SMARTS) is 1. The number of carbonyl (C=O) groups is 1. The third-order valence-corrected chi connectivity index (χ3v) is 5.79. The van der Waals surface area contributed by atoms with Gasteiger partial charge in [0.1, 0.15) is 10.6 Å². The standard InChI is InChI=1S/C13H20N2O7S2/c1-3-23(18,19)15-11-9-10(22-2)6-7-12(11)24(20,21)14-8-4-5-13(16)17/h6-7,9,14-15H,3-5,8H2,1-2H3,(H,16,17). The van der Waals surface area contributed by atoms with Crippen molar-refractivity contribution in [2.45, 2.75) is 24.7 Å². The van der Waals surface area contributed by atoms with Crippen LogP contribution in [0.15, 0.2) is 23.1 Å². The maximum atomic E-state index is 12.3. The summed E-state index contributed by atoms with van der Waals surface area (Å²) in [4.78, 5) is 10.2. The third-order valence-electron chi connectivity index (χ3n) is 2.98. The zero-order chi connectivity index (χ0) is 18.4. The van der Waals surface area contributed by atoms with E-state index in [1.807, 2.05) is 0 Å². The Morgan fingerprint density at radius 2 is 1.92 bits per heavy atom. The molecule has 0 spiro atoms. The zero-order valence-electron chi connectivity index (χ0n) is 13.3. The van der Waals surface area contributed by atoms with Crippen LogP contribution in [0.3, 0.4) is 0 Å².